The summed E-state index contributed by atoms with van der Waals surface area (Å²) < 4.78 is 4.95. The van der Waals surface area contributed by atoms with Crippen LogP contribution in [0.5, 0.6) is 0 Å². The number of hydrogen-bond donors (Lipinski definition) is 0. The Kier molecular flexibility index (Phi) is 4.15. The Balaban J connectivity index is 1.91. The molecular weight excluding hydrogens is 218 g/mol. The van der Waals surface area contributed by atoms with Crippen molar-refractivity contribution in [2.75, 3.05) is 19.7 Å². The zero-order valence-electron chi connectivity index (χ0n) is 10.5. The van der Waals surface area contributed by atoms with Gasteiger partial charge in [-0.25, -0.2) is 0 Å². The summed E-state index contributed by atoms with van der Waals surface area (Å²) in [6, 6.07) is 0.507. The van der Waals surface area contributed by atoms with E-state index in [0.29, 0.717) is 25.7 Å². The van der Waals surface area contributed by atoms with Crippen molar-refractivity contribution in [2.45, 2.75) is 45.1 Å². The first-order chi connectivity index (χ1) is 8.22. The monoisotopic (exact) mass is 239 g/mol. The van der Waals surface area contributed by atoms with Crippen LogP contribution in [0.15, 0.2) is 0 Å². The van der Waals surface area contributed by atoms with Crippen LogP contribution in [0.1, 0.15) is 39.0 Å². The number of nitrogens with zero attached hydrogens (tertiary/aromatic N) is 1. The van der Waals surface area contributed by atoms with Gasteiger partial charge < -0.3 is 4.74 Å². The first-order valence-corrected chi connectivity index (χ1v) is 6.65. The predicted octanol–water partition coefficient (Wildman–Crippen LogP) is 1.38. The highest BCUT2D eigenvalue weighted by Crippen LogP contribution is 2.26. The van der Waals surface area contributed by atoms with Crippen LogP contribution in [-0.2, 0) is 14.3 Å². The molecule has 1 saturated heterocycles. The van der Waals surface area contributed by atoms with Crippen molar-refractivity contribution >= 4 is 11.8 Å². The minimum absolute atomic E-state index is 0.0361. The van der Waals surface area contributed by atoms with Crippen LogP contribution in [0, 0.1) is 5.92 Å². The Morgan fingerprint density at radius 3 is 2.71 bits per heavy atom. The average molecular weight is 239 g/mol. The minimum Gasteiger partial charge on any atom is -0.465 e. The van der Waals surface area contributed by atoms with E-state index in [-0.39, 0.29) is 11.8 Å². The van der Waals surface area contributed by atoms with E-state index in [1.54, 1.807) is 6.92 Å². The number of carbonyl (C=O) groups excluding carboxylic acids is 2. The molecule has 1 unspecified atom stereocenters. The number of esters is 1. The molecule has 0 amide bonds. The lowest BCUT2D eigenvalue weighted by atomic mass is 9.94. The van der Waals surface area contributed by atoms with Crippen molar-refractivity contribution in [1.82, 2.24) is 4.90 Å². The zero-order chi connectivity index (χ0) is 12.3. The van der Waals surface area contributed by atoms with Crippen LogP contribution in [0.3, 0.4) is 0 Å². The standard InChI is InChI=1S/C13H21NO3/c1-2-17-13(16)11-8-14(9-12(11)15)10-6-4-3-5-7-10/h10-11H,2-9H2,1H3. The van der Waals surface area contributed by atoms with Gasteiger partial charge in [-0.1, -0.05) is 19.3 Å². The summed E-state index contributed by atoms with van der Waals surface area (Å²) in [6.07, 6.45) is 6.14. The summed E-state index contributed by atoms with van der Waals surface area (Å²) in [7, 11) is 0. The van der Waals surface area contributed by atoms with Crippen LogP contribution >= 0.6 is 0 Å². The second-order valence-corrected chi connectivity index (χ2v) is 4.99. The fraction of sp³-hybridized carbons (Fsp3) is 0.846. The van der Waals surface area contributed by atoms with Gasteiger partial charge in [-0.05, 0) is 19.8 Å². The van der Waals surface area contributed by atoms with E-state index in [4.69, 9.17) is 4.74 Å². The summed E-state index contributed by atoms with van der Waals surface area (Å²) in [5.74, 6) is -0.832. The van der Waals surface area contributed by atoms with Gasteiger partial charge >= 0.3 is 5.97 Å². The highest BCUT2D eigenvalue weighted by atomic mass is 16.5. The maximum Gasteiger partial charge on any atom is 0.317 e. The molecule has 17 heavy (non-hydrogen) atoms. The second-order valence-electron chi connectivity index (χ2n) is 4.99. The van der Waals surface area contributed by atoms with Crippen LogP contribution in [0.2, 0.25) is 0 Å². The van der Waals surface area contributed by atoms with E-state index in [9.17, 15) is 9.59 Å². The quantitative estimate of drug-likeness (QED) is 0.551. The van der Waals surface area contributed by atoms with Crippen molar-refractivity contribution in [3.8, 4) is 0 Å². The van der Waals surface area contributed by atoms with Gasteiger partial charge in [0, 0.05) is 12.6 Å². The van der Waals surface area contributed by atoms with E-state index in [1.807, 2.05) is 0 Å². The Bertz CT molecular complexity index is 297. The predicted molar refractivity (Wildman–Crippen MR) is 63.6 cm³/mol. The molecular formula is C13H21NO3. The van der Waals surface area contributed by atoms with E-state index < -0.39 is 5.92 Å². The molecule has 0 radical (unpaired) electrons. The normalized spacial score (nSPS) is 27.4. The lowest BCUT2D eigenvalue weighted by Gasteiger charge is -2.30. The largest absolute Gasteiger partial charge is 0.465 e. The topological polar surface area (TPSA) is 46.6 Å². The molecule has 0 aromatic heterocycles. The number of carbonyl (C=O) groups is 2. The fourth-order valence-corrected chi connectivity index (χ4v) is 2.88. The number of ether oxygens (including phenoxy) is 1. The van der Waals surface area contributed by atoms with Gasteiger partial charge in [-0.3, -0.25) is 14.5 Å². The first kappa shape index (κ1) is 12.6. The molecule has 0 bridgehead atoms. The van der Waals surface area contributed by atoms with Crippen molar-refractivity contribution in [1.29, 1.82) is 0 Å². The van der Waals surface area contributed by atoms with Gasteiger partial charge in [0.25, 0.3) is 0 Å². The van der Waals surface area contributed by atoms with Crippen LogP contribution in [-0.4, -0.2) is 42.4 Å². The SMILES string of the molecule is CCOC(=O)C1CN(C2CCCCC2)CC1=O. The molecule has 2 aliphatic rings. The third-order valence-electron chi connectivity index (χ3n) is 3.83. The smallest absolute Gasteiger partial charge is 0.317 e. The van der Waals surface area contributed by atoms with E-state index in [1.165, 1.54) is 32.1 Å². The molecule has 4 nitrogen and oxygen atoms in total. The Morgan fingerprint density at radius 2 is 2.06 bits per heavy atom. The van der Waals surface area contributed by atoms with Gasteiger partial charge in [0.05, 0.1) is 13.2 Å². The summed E-state index contributed by atoms with van der Waals surface area (Å²) in [5.41, 5.74) is 0. The molecule has 96 valence electrons. The fourth-order valence-electron chi connectivity index (χ4n) is 2.88. The van der Waals surface area contributed by atoms with Gasteiger partial charge in [-0.15, -0.1) is 0 Å². The molecule has 4 heteroatoms. The van der Waals surface area contributed by atoms with Gasteiger partial charge in [-0.2, -0.15) is 0 Å². The minimum atomic E-state index is -0.531. The molecule has 1 saturated carbocycles. The highest BCUT2D eigenvalue weighted by Gasteiger charge is 2.39. The third-order valence-corrected chi connectivity index (χ3v) is 3.83. The zero-order valence-corrected chi connectivity index (χ0v) is 10.5. The number of Topliss-reactive ketones (excluding diaryl/α,β-unsaturated/α-hetero) is 1. The maximum atomic E-state index is 11.8. The van der Waals surface area contributed by atoms with Crippen molar-refractivity contribution in [3.05, 3.63) is 0 Å². The Morgan fingerprint density at radius 1 is 1.35 bits per heavy atom. The van der Waals surface area contributed by atoms with E-state index >= 15 is 0 Å². The highest BCUT2D eigenvalue weighted by molar-refractivity contribution is 6.01. The Hall–Kier alpha value is -0.900. The lowest BCUT2D eigenvalue weighted by molar-refractivity contribution is -0.149. The molecule has 0 aromatic carbocycles. The molecule has 1 aliphatic carbocycles. The summed E-state index contributed by atoms with van der Waals surface area (Å²) in [4.78, 5) is 25.6. The molecule has 1 heterocycles. The molecule has 2 rings (SSSR count). The number of ketones is 1. The van der Waals surface area contributed by atoms with Crippen molar-refractivity contribution in [2.24, 2.45) is 5.92 Å². The number of likely N-dealkylation sites (tertiary alicyclic amines) is 1. The summed E-state index contributed by atoms with van der Waals surface area (Å²) in [6.45, 7) is 3.14. The van der Waals surface area contributed by atoms with Crippen LogP contribution in [0.25, 0.3) is 0 Å². The van der Waals surface area contributed by atoms with Gasteiger partial charge in [0.15, 0.2) is 5.78 Å². The van der Waals surface area contributed by atoms with Gasteiger partial charge in [0.1, 0.15) is 5.92 Å². The average Bonchev–Trinajstić information content (AvgIpc) is 2.73. The lowest BCUT2D eigenvalue weighted by Crippen LogP contribution is -2.35. The molecule has 1 atom stereocenters. The first-order valence-electron chi connectivity index (χ1n) is 6.65. The van der Waals surface area contributed by atoms with E-state index in [0.717, 1.165) is 0 Å². The summed E-state index contributed by atoms with van der Waals surface area (Å²) in [5, 5.41) is 0. The number of hydrogen-bond acceptors (Lipinski definition) is 4. The van der Waals surface area contributed by atoms with Crippen molar-refractivity contribution in [3.63, 3.8) is 0 Å². The van der Waals surface area contributed by atoms with Crippen LogP contribution < -0.4 is 0 Å². The van der Waals surface area contributed by atoms with Gasteiger partial charge in [0.2, 0.25) is 0 Å². The molecule has 1 aliphatic heterocycles. The molecule has 0 spiro atoms. The number of rotatable bonds is 3. The molecule has 0 aromatic rings. The third kappa shape index (κ3) is 2.86. The summed E-state index contributed by atoms with van der Waals surface area (Å²) >= 11 is 0. The second kappa shape index (κ2) is 5.63. The van der Waals surface area contributed by atoms with Crippen LogP contribution in [0.4, 0.5) is 0 Å². The maximum absolute atomic E-state index is 11.8. The molecule has 2 fully saturated rings. The van der Waals surface area contributed by atoms with Crippen molar-refractivity contribution < 1.29 is 14.3 Å². The van der Waals surface area contributed by atoms with E-state index in [2.05, 4.69) is 4.90 Å². The Labute approximate surface area is 102 Å². The molecule has 0 N–H and O–H groups in total.